The lowest BCUT2D eigenvalue weighted by Gasteiger charge is -2.20. The van der Waals surface area contributed by atoms with E-state index in [0.29, 0.717) is 13.3 Å². The molecule has 1 amide bonds. The van der Waals surface area contributed by atoms with Crippen LogP contribution < -0.4 is 5.32 Å². The molecule has 4 heterocycles. The third kappa shape index (κ3) is 5.82. The molecule has 4 rings (SSSR count). The maximum atomic E-state index is 12.3. The molecule has 1 aliphatic heterocycles. The molecule has 1 saturated heterocycles. The average molecular weight is 481 g/mol. The van der Waals surface area contributed by atoms with Crippen molar-refractivity contribution >= 4 is 31.0 Å². The fourth-order valence-corrected chi connectivity index (χ4v) is 4.86. The van der Waals surface area contributed by atoms with Crippen molar-refractivity contribution in [3.63, 3.8) is 0 Å². The van der Waals surface area contributed by atoms with E-state index in [1.54, 1.807) is 12.4 Å². The minimum Gasteiger partial charge on any atom is -0.365 e. The van der Waals surface area contributed by atoms with E-state index in [0.717, 1.165) is 53.9 Å². The van der Waals surface area contributed by atoms with Crippen molar-refractivity contribution in [2.24, 2.45) is 5.92 Å². The number of amides is 1. The highest BCUT2D eigenvalue weighted by atomic mass is 28.3. The Labute approximate surface area is 202 Å². The molecule has 3 aromatic rings. The highest BCUT2D eigenvalue weighted by molar-refractivity contribution is 6.76. The van der Waals surface area contributed by atoms with Crippen molar-refractivity contribution in [3.8, 4) is 11.3 Å². The van der Waals surface area contributed by atoms with Gasteiger partial charge in [0.15, 0.2) is 5.65 Å². The first-order chi connectivity index (χ1) is 16.2. The summed E-state index contributed by atoms with van der Waals surface area (Å²) in [7, 11) is -1.11. The number of fused-ring (bicyclic) bond motifs is 1. The Kier molecular flexibility index (Phi) is 7.32. The number of carbonyl (C=O) groups is 1. The summed E-state index contributed by atoms with van der Waals surface area (Å²) < 4.78 is 7.89. The number of hydrogen-bond acceptors (Lipinski definition) is 6. The molecule has 0 bridgehead atoms. The number of likely N-dealkylation sites (tertiary alicyclic amines) is 1. The summed E-state index contributed by atoms with van der Waals surface area (Å²) in [5.41, 5.74) is 3.32. The summed E-state index contributed by atoms with van der Waals surface area (Å²) in [6.45, 7) is 13.7. The van der Waals surface area contributed by atoms with Gasteiger partial charge in [-0.1, -0.05) is 33.5 Å². The van der Waals surface area contributed by atoms with Crippen molar-refractivity contribution in [3.05, 3.63) is 36.8 Å². The lowest BCUT2D eigenvalue weighted by Crippen LogP contribution is -2.34. The second-order valence-electron chi connectivity index (χ2n) is 10.6. The topological polar surface area (TPSA) is 85.2 Å². The zero-order valence-corrected chi connectivity index (χ0v) is 21.9. The van der Waals surface area contributed by atoms with Gasteiger partial charge in [-0.25, -0.2) is 15.0 Å². The maximum absolute atomic E-state index is 12.3. The molecule has 0 aromatic carbocycles. The van der Waals surface area contributed by atoms with Gasteiger partial charge in [-0.15, -0.1) is 0 Å². The van der Waals surface area contributed by atoms with E-state index in [1.165, 1.54) is 0 Å². The molecule has 182 valence electrons. The predicted octanol–water partition coefficient (Wildman–Crippen LogP) is 4.47. The van der Waals surface area contributed by atoms with Crippen molar-refractivity contribution < 1.29 is 9.53 Å². The molecule has 0 radical (unpaired) electrons. The number of nitrogens with zero attached hydrogens (tertiary/aromatic N) is 5. The van der Waals surface area contributed by atoms with Gasteiger partial charge in [0.05, 0.1) is 11.9 Å². The largest absolute Gasteiger partial charge is 0.365 e. The number of nitrogens with one attached hydrogen (secondary N) is 1. The average Bonchev–Trinajstić information content (AvgIpc) is 3.42. The summed E-state index contributed by atoms with van der Waals surface area (Å²) in [6, 6.07) is 7.20. The third-order valence-electron chi connectivity index (χ3n) is 6.11. The van der Waals surface area contributed by atoms with Gasteiger partial charge in [-0.3, -0.25) is 4.79 Å². The molecule has 0 saturated carbocycles. The summed E-state index contributed by atoms with van der Waals surface area (Å²) in [5, 5.41) is 3.54. The summed E-state index contributed by atoms with van der Waals surface area (Å²) in [6.07, 6.45) is 6.45. The minimum absolute atomic E-state index is 0.0178. The minimum atomic E-state index is -1.11. The standard InChI is InChI=1S/C25H36N6O2Si/c1-18(2)25(32)30-11-8-19(16-30)28-23-20(7-6-10-26-23)22-15-27-24-21(29-22)9-12-31(24)17-33-13-14-34(3,4)5/h6-7,9-10,12,15,18-19H,8,11,13-14,16-17H2,1-5H3,(H,26,28)/t19-/m1/s1. The summed E-state index contributed by atoms with van der Waals surface area (Å²) in [5.74, 6) is 0.995. The Hall–Kier alpha value is -2.78. The number of aromatic nitrogens is 4. The Bertz CT molecular complexity index is 1140. The quantitative estimate of drug-likeness (QED) is 0.359. The van der Waals surface area contributed by atoms with Crippen LogP contribution in [0.15, 0.2) is 36.8 Å². The molecule has 1 aliphatic rings. The molecule has 0 unspecified atom stereocenters. The highest BCUT2D eigenvalue weighted by Gasteiger charge is 2.28. The molecule has 34 heavy (non-hydrogen) atoms. The monoisotopic (exact) mass is 480 g/mol. The molecule has 1 fully saturated rings. The van der Waals surface area contributed by atoms with E-state index in [2.05, 4.69) is 29.9 Å². The fourth-order valence-electron chi connectivity index (χ4n) is 4.10. The molecule has 1 atom stereocenters. The Balaban J connectivity index is 1.46. The number of carbonyl (C=O) groups excluding carboxylic acids is 1. The molecule has 8 nitrogen and oxygen atoms in total. The zero-order chi connectivity index (χ0) is 24.3. The van der Waals surface area contributed by atoms with Gasteiger partial charge < -0.3 is 19.5 Å². The lowest BCUT2D eigenvalue weighted by atomic mass is 10.1. The van der Waals surface area contributed by atoms with Crippen LogP contribution in [0, 0.1) is 5.92 Å². The van der Waals surface area contributed by atoms with Gasteiger partial charge in [-0.2, -0.15) is 0 Å². The molecule has 1 N–H and O–H groups in total. The molecular weight excluding hydrogens is 444 g/mol. The van der Waals surface area contributed by atoms with Crippen molar-refractivity contribution in [1.29, 1.82) is 0 Å². The second-order valence-corrected chi connectivity index (χ2v) is 16.2. The first-order valence-corrected chi connectivity index (χ1v) is 15.8. The Morgan fingerprint density at radius 2 is 2.09 bits per heavy atom. The van der Waals surface area contributed by atoms with Gasteiger partial charge in [-0.05, 0) is 30.7 Å². The number of rotatable bonds is 9. The van der Waals surface area contributed by atoms with Crippen LogP contribution in [-0.4, -0.2) is 64.1 Å². The predicted molar refractivity (Wildman–Crippen MR) is 138 cm³/mol. The van der Waals surface area contributed by atoms with E-state index in [4.69, 9.17) is 14.7 Å². The maximum Gasteiger partial charge on any atom is 0.225 e. The van der Waals surface area contributed by atoms with Crippen LogP contribution in [0.5, 0.6) is 0 Å². The lowest BCUT2D eigenvalue weighted by molar-refractivity contribution is -0.133. The zero-order valence-electron chi connectivity index (χ0n) is 20.9. The van der Waals surface area contributed by atoms with Crippen molar-refractivity contribution in [2.45, 2.75) is 58.7 Å². The second kappa shape index (κ2) is 10.2. The van der Waals surface area contributed by atoms with Crippen LogP contribution in [-0.2, 0) is 16.3 Å². The number of ether oxygens (including phenoxy) is 1. The van der Waals surface area contributed by atoms with Gasteiger partial charge in [0, 0.05) is 57.7 Å². The SMILES string of the molecule is CC(C)C(=O)N1CC[C@@H](Nc2ncccc2-c2cnc3c(ccn3COCC[Si](C)(C)C)n2)C1. The van der Waals surface area contributed by atoms with Crippen molar-refractivity contribution in [2.75, 3.05) is 25.0 Å². The molecule has 0 spiro atoms. The fraction of sp³-hybridized carbons (Fsp3) is 0.520. The molecule has 0 aliphatic carbocycles. The van der Waals surface area contributed by atoms with Crippen LogP contribution in [0.3, 0.4) is 0 Å². The molecule has 9 heteroatoms. The Morgan fingerprint density at radius 3 is 2.85 bits per heavy atom. The van der Waals surface area contributed by atoms with Crippen LogP contribution in [0.2, 0.25) is 25.7 Å². The number of anilines is 1. The van der Waals surface area contributed by atoms with Gasteiger partial charge in [0.1, 0.15) is 18.1 Å². The van der Waals surface area contributed by atoms with Gasteiger partial charge in [0.2, 0.25) is 5.91 Å². The van der Waals surface area contributed by atoms with E-state index >= 15 is 0 Å². The van der Waals surface area contributed by atoms with Crippen molar-refractivity contribution in [1.82, 2.24) is 24.4 Å². The number of hydrogen-bond donors (Lipinski definition) is 1. The van der Waals surface area contributed by atoms with E-state index in [-0.39, 0.29) is 17.9 Å². The third-order valence-corrected chi connectivity index (χ3v) is 7.81. The van der Waals surface area contributed by atoms with E-state index in [1.807, 2.05) is 47.7 Å². The van der Waals surface area contributed by atoms with E-state index in [9.17, 15) is 4.79 Å². The van der Waals surface area contributed by atoms with Crippen LogP contribution in [0.1, 0.15) is 20.3 Å². The smallest absolute Gasteiger partial charge is 0.225 e. The van der Waals surface area contributed by atoms with Crippen LogP contribution >= 0.6 is 0 Å². The normalized spacial score (nSPS) is 16.5. The first kappa shape index (κ1) is 24.3. The summed E-state index contributed by atoms with van der Waals surface area (Å²) >= 11 is 0. The molecular formula is C25H36N6O2Si. The molecule has 3 aromatic heterocycles. The Morgan fingerprint density at radius 1 is 1.26 bits per heavy atom. The van der Waals surface area contributed by atoms with Crippen LogP contribution in [0.25, 0.3) is 22.4 Å². The van der Waals surface area contributed by atoms with Crippen LogP contribution in [0.4, 0.5) is 5.82 Å². The van der Waals surface area contributed by atoms with Gasteiger partial charge >= 0.3 is 0 Å². The van der Waals surface area contributed by atoms with Gasteiger partial charge in [0.25, 0.3) is 0 Å². The summed E-state index contributed by atoms with van der Waals surface area (Å²) in [4.78, 5) is 28.4. The number of pyridine rings is 1. The van der Waals surface area contributed by atoms with E-state index < -0.39 is 8.07 Å². The highest BCUT2D eigenvalue weighted by Crippen LogP contribution is 2.27. The first-order valence-electron chi connectivity index (χ1n) is 12.1.